The molecule has 0 atom stereocenters. The standard InChI is InChI=1S/C26H29N5O5/c1-6-34-22-9-7-8-10-23(22)35-14-24(32)29-30-26(33)19-12-21(18-11-16(4)36-17(18)5)28-25-20(19)13-27-31(25)15(2)3/h7-13,15H,6,14H2,1-5H3,(H,29,32)(H,30,33). The molecule has 0 unspecified atom stereocenters. The molecule has 2 N–H and O–H groups in total. The predicted molar refractivity (Wildman–Crippen MR) is 134 cm³/mol. The minimum atomic E-state index is -0.528. The van der Waals surface area contributed by atoms with Crippen molar-refractivity contribution in [3.63, 3.8) is 0 Å². The van der Waals surface area contributed by atoms with Crippen molar-refractivity contribution in [3.8, 4) is 22.8 Å². The van der Waals surface area contributed by atoms with Gasteiger partial charge >= 0.3 is 0 Å². The number of pyridine rings is 1. The summed E-state index contributed by atoms with van der Waals surface area (Å²) in [7, 11) is 0. The zero-order valence-electron chi connectivity index (χ0n) is 20.9. The largest absolute Gasteiger partial charge is 0.490 e. The van der Waals surface area contributed by atoms with Crippen LogP contribution in [0.5, 0.6) is 11.5 Å². The Morgan fingerprint density at radius 2 is 1.81 bits per heavy atom. The third kappa shape index (κ3) is 5.17. The van der Waals surface area contributed by atoms with Gasteiger partial charge in [-0.05, 0) is 58.9 Å². The van der Waals surface area contributed by atoms with Crippen molar-refractivity contribution in [2.75, 3.05) is 13.2 Å². The molecule has 0 fully saturated rings. The number of furan rings is 1. The number of ether oxygens (including phenoxy) is 2. The number of nitrogens with one attached hydrogen (secondary N) is 2. The first kappa shape index (κ1) is 24.8. The second-order valence-corrected chi connectivity index (χ2v) is 8.47. The summed E-state index contributed by atoms with van der Waals surface area (Å²) in [4.78, 5) is 30.3. The van der Waals surface area contributed by atoms with Gasteiger partial charge in [0.2, 0.25) is 0 Å². The molecule has 0 aliphatic rings. The highest BCUT2D eigenvalue weighted by Gasteiger charge is 2.21. The van der Waals surface area contributed by atoms with Crippen LogP contribution in [-0.4, -0.2) is 39.8 Å². The van der Waals surface area contributed by atoms with Gasteiger partial charge in [-0.3, -0.25) is 20.4 Å². The molecule has 4 rings (SSSR count). The maximum atomic E-state index is 13.2. The molecule has 0 aliphatic carbocycles. The lowest BCUT2D eigenvalue weighted by atomic mass is 10.1. The Labute approximate surface area is 208 Å². The summed E-state index contributed by atoms with van der Waals surface area (Å²) in [5.41, 5.74) is 7.11. The number of para-hydroxylation sites is 2. The Morgan fingerprint density at radius 1 is 1.08 bits per heavy atom. The number of hydrogen-bond donors (Lipinski definition) is 2. The van der Waals surface area contributed by atoms with Gasteiger partial charge in [-0.15, -0.1) is 0 Å². The lowest BCUT2D eigenvalue weighted by Crippen LogP contribution is -2.43. The lowest BCUT2D eigenvalue weighted by molar-refractivity contribution is -0.123. The Kier molecular flexibility index (Phi) is 7.23. The van der Waals surface area contributed by atoms with E-state index in [1.807, 2.05) is 46.8 Å². The number of aryl methyl sites for hydroxylation is 2. The minimum Gasteiger partial charge on any atom is -0.490 e. The van der Waals surface area contributed by atoms with Gasteiger partial charge in [-0.1, -0.05) is 12.1 Å². The summed E-state index contributed by atoms with van der Waals surface area (Å²) < 4.78 is 18.5. The number of carbonyl (C=O) groups excluding carboxylic acids is 2. The van der Waals surface area contributed by atoms with Crippen LogP contribution in [0.15, 0.2) is 47.0 Å². The highest BCUT2D eigenvalue weighted by atomic mass is 16.5. The number of rotatable bonds is 8. The van der Waals surface area contributed by atoms with Crippen molar-refractivity contribution in [1.82, 2.24) is 25.6 Å². The lowest BCUT2D eigenvalue weighted by Gasteiger charge is -2.13. The summed E-state index contributed by atoms with van der Waals surface area (Å²) in [6.45, 7) is 9.69. The molecule has 36 heavy (non-hydrogen) atoms. The van der Waals surface area contributed by atoms with Gasteiger partial charge in [0.15, 0.2) is 23.8 Å². The fraction of sp³-hybridized carbons (Fsp3) is 0.308. The van der Waals surface area contributed by atoms with Crippen LogP contribution in [0.1, 0.15) is 48.7 Å². The van der Waals surface area contributed by atoms with E-state index in [4.69, 9.17) is 18.9 Å². The van der Waals surface area contributed by atoms with E-state index in [1.54, 1.807) is 35.1 Å². The molecule has 3 aromatic heterocycles. The zero-order valence-corrected chi connectivity index (χ0v) is 20.9. The van der Waals surface area contributed by atoms with E-state index in [0.29, 0.717) is 46.2 Å². The van der Waals surface area contributed by atoms with Gasteiger partial charge in [0.1, 0.15) is 11.5 Å². The Hall–Kier alpha value is -4.34. The van der Waals surface area contributed by atoms with Crippen molar-refractivity contribution >= 4 is 22.8 Å². The third-order valence-electron chi connectivity index (χ3n) is 5.44. The molecular formula is C26H29N5O5. The van der Waals surface area contributed by atoms with Crippen molar-refractivity contribution in [2.24, 2.45) is 0 Å². The number of nitrogens with zero attached hydrogens (tertiary/aromatic N) is 3. The van der Waals surface area contributed by atoms with Gasteiger partial charge < -0.3 is 13.9 Å². The second-order valence-electron chi connectivity index (χ2n) is 8.47. The van der Waals surface area contributed by atoms with Crippen molar-refractivity contribution in [3.05, 3.63) is 59.7 Å². The van der Waals surface area contributed by atoms with Crippen molar-refractivity contribution in [2.45, 2.75) is 40.7 Å². The van der Waals surface area contributed by atoms with E-state index in [2.05, 4.69) is 16.0 Å². The summed E-state index contributed by atoms with van der Waals surface area (Å²) >= 11 is 0. The van der Waals surface area contributed by atoms with Crippen LogP contribution in [0.25, 0.3) is 22.3 Å². The maximum absolute atomic E-state index is 13.2. The van der Waals surface area contributed by atoms with Crippen molar-refractivity contribution in [1.29, 1.82) is 0 Å². The van der Waals surface area contributed by atoms with Crippen LogP contribution < -0.4 is 20.3 Å². The summed E-state index contributed by atoms with van der Waals surface area (Å²) in [6.07, 6.45) is 1.60. The average molecular weight is 492 g/mol. The minimum absolute atomic E-state index is 0.0322. The van der Waals surface area contributed by atoms with Crippen LogP contribution >= 0.6 is 0 Å². The maximum Gasteiger partial charge on any atom is 0.276 e. The van der Waals surface area contributed by atoms with Gasteiger partial charge in [-0.25, -0.2) is 9.67 Å². The third-order valence-corrected chi connectivity index (χ3v) is 5.44. The van der Waals surface area contributed by atoms with Crippen molar-refractivity contribution < 1.29 is 23.5 Å². The van der Waals surface area contributed by atoms with Crippen LogP contribution in [0, 0.1) is 13.8 Å². The van der Waals surface area contributed by atoms with Crippen LogP contribution in [0.2, 0.25) is 0 Å². The van der Waals surface area contributed by atoms with Crippen LogP contribution in [-0.2, 0) is 4.79 Å². The molecule has 0 bridgehead atoms. The summed E-state index contributed by atoms with van der Waals surface area (Å²) in [5, 5.41) is 4.98. The van der Waals surface area contributed by atoms with E-state index in [1.165, 1.54) is 0 Å². The molecule has 1 aromatic carbocycles. The Morgan fingerprint density at radius 3 is 2.44 bits per heavy atom. The van der Waals surface area contributed by atoms with E-state index < -0.39 is 11.8 Å². The average Bonchev–Trinajstić information content (AvgIpc) is 3.43. The Bertz CT molecular complexity index is 1410. The molecule has 188 valence electrons. The molecule has 2 amide bonds. The van der Waals surface area contributed by atoms with Gasteiger partial charge in [-0.2, -0.15) is 5.10 Å². The summed E-state index contributed by atoms with van der Waals surface area (Å²) in [5.74, 6) is 1.38. The highest BCUT2D eigenvalue weighted by molar-refractivity contribution is 6.07. The number of aromatic nitrogens is 3. The Balaban J connectivity index is 1.53. The quantitative estimate of drug-likeness (QED) is 0.356. The SMILES string of the molecule is CCOc1ccccc1OCC(=O)NNC(=O)c1cc(-c2cc(C)oc2C)nc2c1cnn2C(C)C. The van der Waals surface area contributed by atoms with E-state index in [-0.39, 0.29) is 12.6 Å². The van der Waals surface area contributed by atoms with E-state index in [0.717, 1.165) is 11.3 Å². The first-order valence-corrected chi connectivity index (χ1v) is 11.7. The molecule has 3 heterocycles. The summed E-state index contributed by atoms with van der Waals surface area (Å²) in [6, 6.07) is 10.6. The number of hydrogen-bond acceptors (Lipinski definition) is 7. The first-order valence-electron chi connectivity index (χ1n) is 11.7. The number of benzene rings is 1. The monoisotopic (exact) mass is 491 g/mol. The molecule has 0 radical (unpaired) electrons. The van der Waals surface area contributed by atoms with Crippen LogP contribution in [0.3, 0.4) is 0 Å². The number of carbonyl (C=O) groups is 2. The van der Waals surface area contributed by atoms with Gasteiger partial charge in [0.25, 0.3) is 11.8 Å². The molecule has 4 aromatic rings. The van der Waals surface area contributed by atoms with E-state index >= 15 is 0 Å². The molecule has 0 spiro atoms. The zero-order chi connectivity index (χ0) is 25.8. The molecular weight excluding hydrogens is 462 g/mol. The normalized spacial score (nSPS) is 11.1. The fourth-order valence-corrected chi connectivity index (χ4v) is 3.82. The van der Waals surface area contributed by atoms with E-state index in [9.17, 15) is 9.59 Å². The molecule has 0 saturated heterocycles. The smallest absolute Gasteiger partial charge is 0.276 e. The fourth-order valence-electron chi connectivity index (χ4n) is 3.82. The molecule has 10 heteroatoms. The number of hydrazine groups is 1. The second kappa shape index (κ2) is 10.5. The molecule has 0 saturated carbocycles. The predicted octanol–water partition coefficient (Wildman–Crippen LogP) is 4.13. The van der Waals surface area contributed by atoms with Gasteiger partial charge in [0.05, 0.1) is 29.4 Å². The first-order chi connectivity index (χ1) is 17.3. The van der Waals surface area contributed by atoms with Crippen LogP contribution in [0.4, 0.5) is 0 Å². The topological polar surface area (TPSA) is 121 Å². The molecule has 10 nitrogen and oxygen atoms in total. The van der Waals surface area contributed by atoms with Gasteiger partial charge in [0, 0.05) is 11.6 Å². The number of amides is 2. The highest BCUT2D eigenvalue weighted by Crippen LogP contribution is 2.30. The molecule has 0 aliphatic heterocycles. The number of fused-ring (bicyclic) bond motifs is 1.